The molecular weight excluding hydrogens is 594 g/mol. The van der Waals surface area contributed by atoms with Crippen LogP contribution in [-0.2, 0) is 32.2 Å². The molecule has 2 saturated heterocycles. The molecule has 5 N–H and O–H groups in total. The maximum absolute atomic E-state index is 13.2. The zero-order valence-electron chi connectivity index (χ0n) is 22.1. The van der Waals surface area contributed by atoms with Crippen molar-refractivity contribution in [2.45, 2.75) is 63.6 Å². The molecule has 4 rings (SSSR count). The van der Waals surface area contributed by atoms with Crippen LogP contribution >= 0.6 is 15.4 Å². The first-order valence-electron chi connectivity index (χ1n) is 12.3. The fourth-order valence-electron chi connectivity index (χ4n) is 4.42. The van der Waals surface area contributed by atoms with E-state index in [1.807, 2.05) is 0 Å². The molecular formula is C21H30N4O14P2. The van der Waals surface area contributed by atoms with E-state index in [1.165, 1.54) is 26.2 Å². The Morgan fingerprint density at radius 1 is 0.878 bits per heavy atom. The normalized spacial score (nSPS) is 28.1. The van der Waals surface area contributed by atoms with Gasteiger partial charge in [-0.15, -0.1) is 0 Å². The van der Waals surface area contributed by atoms with Crippen molar-refractivity contribution in [1.29, 1.82) is 0 Å². The molecule has 7 atom stereocenters. The molecule has 0 aliphatic carbocycles. The van der Waals surface area contributed by atoms with Crippen LogP contribution in [0.1, 0.15) is 36.4 Å². The van der Waals surface area contributed by atoms with Crippen LogP contribution in [0.4, 0.5) is 0 Å². The first-order valence-corrected chi connectivity index (χ1v) is 15.8. The molecule has 228 valence electrons. The Morgan fingerprint density at radius 2 is 1.37 bits per heavy atom. The summed E-state index contributed by atoms with van der Waals surface area (Å²) in [6.45, 7) is 2.95. The van der Waals surface area contributed by atoms with E-state index < -0.39 is 88.0 Å². The van der Waals surface area contributed by atoms with Gasteiger partial charge in [-0.3, -0.25) is 37.8 Å². The van der Waals surface area contributed by atoms with Crippen molar-refractivity contribution in [3.8, 4) is 0 Å². The van der Waals surface area contributed by atoms with Gasteiger partial charge < -0.3 is 33.4 Å². The van der Waals surface area contributed by atoms with Gasteiger partial charge in [0.1, 0.15) is 24.7 Å². The van der Waals surface area contributed by atoms with Crippen LogP contribution < -0.4 is 22.5 Å². The number of nitrogens with one attached hydrogen (secondary N) is 2. The van der Waals surface area contributed by atoms with Gasteiger partial charge in [0.2, 0.25) is 0 Å². The summed E-state index contributed by atoms with van der Waals surface area (Å²) < 4.78 is 53.7. The van der Waals surface area contributed by atoms with E-state index >= 15 is 0 Å². The minimum Gasteiger partial charge on any atom is -0.390 e. The monoisotopic (exact) mass is 624 g/mol. The highest BCUT2D eigenvalue weighted by Crippen LogP contribution is 2.50. The number of aryl methyl sites for hydroxylation is 2. The number of aromatic nitrogens is 4. The van der Waals surface area contributed by atoms with E-state index in [9.17, 15) is 33.4 Å². The van der Waals surface area contributed by atoms with Crippen LogP contribution in [0.25, 0.3) is 0 Å². The van der Waals surface area contributed by atoms with Crippen molar-refractivity contribution in [1.82, 2.24) is 19.1 Å². The maximum atomic E-state index is 13.2. The van der Waals surface area contributed by atoms with Crippen LogP contribution in [0.15, 0.2) is 31.6 Å². The van der Waals surface area contributed by atoms with Crippen molar-refractivity contribution >= 4 is 15.4 Å². The summed E-state index contributed by atoms with van der Waals surface area (Å²) >= 11 is 0. The number of rotatable bonds is 10. The first-order chi connectivity index (χ1) is 19.0. The van der Waals surface area contributed by atoms with E-state index in [0.29, 0.717) is 0 Å². The number of ether oxygens (including phenoxy) is 2. The third-order valence-electron chi connectivity index (χ3n) is 6.50. The molecule has 0 amide bonds. The zero-order chi connectivity index (χ0) is 30.3. The van der Waals surface area contributed by atoms with Gasteiger partial charge in [-0.1, -0.05) is 0 Å². The highest BCUT2D eigenvalue weighted by molar-refractivity contribution is 7.53. The average molecular weight is 624 g/mol. The van der Waals surface area contributed by atoms with E-state index in [1.54, 1.807) is 0 Å². The molecule has 2 aromatic rings. The number of phosphoric acid groups is 1. The Balaban J connectivity index is 1.44. The summed E-state index contributed by atoms with van der Waals surface area (Å²) in [6, 6.07) is 0. The summed E-state index contributed by atoms with van der Waals surface area (Å²) in [7, 11) is -8.89. The summed E-state index contributed by atoms with van der Waals surface area (Å²) in [4.78, 5) is 70.4. The number of hydrogen-bond acceptors (Lipinski definition) is 12. The SMILES string of the molecule is Cc1cn([C@H]2C[C@H](OP(C)(=O)OC[C@H]3O[C@@H](n4cc(C)c(=O)[nH]c4=O)C[C@@H]3O)[C@@H](COP(=O)(O)O)O2)c(=O)[nH]c1=O. The molecule has 0 aromatic carbocycles. The molecule has 20 heteroatoms. The molecule has 2 aromatic heterocycles. The smallest absolute Gasteiger partial charge is 0.390 e. The van der Waals surface area contributed by atoms with Crippen molar-refractivity contribution < 1.29 is 47.1 Å². The maximum Gasteiger partial charge on any atom is 0.469 e. The average Bonchev–Trinajstić information content (AvgIpc) is 3.43. The largest absolute Gasteiger partial charge is 0.469 e. The molecule has 0 saturated carbocycles. The molecule has 2 aliphatic heterocycles. The second-order valence-corrected chi connectivity index (χ2v) is 13.0. The molecule has 2 aliphatic rings. The van der Waals surface area contributed by atoms with Crippen LogP contribution in [0, 0.1) is 13.8 Å². The summed E-state index contributed by atoms with van der Waals surface area (Å²) in [5, 5.41) is 10.4. The van der Waals surface area contributed by atoms with Crippen LogP contribution in [0.5, 0.6) is 0 Å². The van der Waals surface area contributed by atoms with Crippen molar-refractivity contribution in [3.63, 3.8) is 0 Å². The Labute approximate surface area is 230 Å². The number of aliphatic hydroxyl groups is 1. The fraction of sp³-hybridized carbons (Fsp3) is 0.619. The van der Waals surface area contributed by atoms with Crippen LogP contribution in [0.2, 0.25) is 0 Å². The Hall–Kier alpha value is -2.50. The van der Waals surface area contributed by atoms with E-state index in [-0.39, 0.29) is 24.0 Å². The second-order valence-electron chi connectivity index (χ2n) is 9.75. The second kappa shape index (κ2) is 12.0. The Bertz CT molecular complexity index is 1610. The van der Waals surface area contributed by atoms with E-state index in [0.717, 1.165) is 15.8 Å². The summed E-state index contributed by atoms with van der Waals surface area (Å²) in [5.74, 6) is 0. The van der Waals surface area contributed by atoms with E-state index in [2.05, 4.69) is 14.5 Å². The summed E-state index contributed by atoms with van der Waals surface area (Å²) in [6.07, 6.45) is -4.16. The highest BCUT2D eigenvalue weighted by atomic mass is 31.2. The lowest BCUT2D eigenvalue weighted by Crippen LogP contribution is -2.33. The van der Waals surface area contributed by atoms with Crippen molar-refractivity contribution in [2.75, 3.05) is 19.9 Å². The minimum atomic E-state index is -4.93. The van der Waals surface area contributed by atoms with Gasteiger partial charge in [-0.25, -0.2) is 14.2 Å². The zero-order valence-corrected chi connectivity index (χ0v) is 23.9. The molecule has 18 nitrogen and oxygen atoms in total. The highest BCUT2D eigenvalue weighted by Gasteiger charge is 2.43. The molecule has 0 bridgehead atoms. The van der Waals surface area contributed by atoms with Gasteiger partial charge in [0.05, 0.1) is 25.4 Å². The lowest BCUT2D eigenvalue weighted by molar-refractivity contribution is -0.0516. The Kier molecular flexibility index (Phi) is 9.21. The van der Waals surface area contributed by atoms with Gasteiger partial charge in [0, 0.05) is 43.0 Å². The van der Waals surface area contributed by atoms with Crippen LogP contribution in [-0.4, -0.2) is 78.3 Å². The van der Waals surface area contributed by atoms with Crippen LogP contribution in [0.3, 0.4) is 0 Å². The van der Waals surface area contributed by atoms with Gasteiger partial charge in [0.25, 0.3) is 11.1 Å². The van der Waals surface area contributed by atoms with Gasteiger partial charge in [-0.05, 0) is 13.8 Å². The third-order valence-corrected chi connectivity index (χ3v) is 8.26. The quantitative estimate of drug-likeness (QED) is 0.198. The number of aliphatic hydroxyl groups excluding tert-OH is 1. The van der Waals surface area contributed by atoms with E-state index in [4.69, 9.17) is 28.3 Å². The third kappa shape index (κ3) is 7.67. The topological polar surface area (TPSA) is 251 Å². The lowest BCUT2D eigenvalue weighted by Gasteiger charge is -2.24. The van der Waals surface area contributed by atoms with Crippen molar-refractivity contribution in [2.24, 2.45) is 0 Å². The number of aromatic amines is 2. The van der Waals surface area contributed by atoms with Gasteiger partial charge in [0.15, 0.2) is 0 Å². The number of nitrogens with zero attached hydrogens (tertiary/aromatic N) is 2. The predicted octanol–water partition coefficient (Wildman–Crippen LogP) is -1.03. The number of phosphoric ester groups is 1. The number of H-pyrrole nitrogens is 2. The molecule has 0 radical (unpaired) electrons. The van der Waals surface area contributed by atoms with Gasteiger partial charge >= 0.3 is 26.8 Å². The fourth-order valence-corrected chi connectivity index (χ4v) is 5.96. The predicted molar refractivity (Wildman–Crippen MR) is 138 cm³/mol. The van der Waals surface area contributed by atoms with Crippen molar-refractivity contribution in [3.05, 3.63) is 65.2 Å². The molecule has 41 heavy (non-hydrogen) atoms. The standard InChI is InChI=1S/C21H30N4O14P2/c1-10-6-24(20(29)22-18(10)27)16-4-12(26)14(37-16)8-35-40(3,31)39-13-5-17(38-15(13)9-36-41(32,33)34)25-7-11(2)19(28)23-21(25)30/h6-7,12-17,26H,4-5,8-9H2,1-3H3,(H,22,27,29)(H,23,28,30)(H2,32,33,34)/t12-,13-,14+,15+,16+,17+,40?/m0/s1. The number of hydrogen-bond donors (Lipinski definition) is 5. The molecule has 2 fully saturated rings. The first kappa shape index (κ1) is 31.4. The Morgan fingerprint density at radius 3 is 1.90 bits per heavy atom. The van der Waals surface area contributed by atoms with Gasteiger partial charge in [-0.2, -0.15) is 0 Å². The molecule has 0 spiro atoms. The summed E-state index contributed by atoms with van der Waals surface area (Å²) in [5.41, 5.74) is -2.27. The lowest BCUT2D eigenvalue weighted by atomic mass is 10.2. The minimum absolute atomic E-state index is 0.0262. The molecule has 1 unspecified atom stereocenters. The molecule has 4 heterocycles.